The molecule has 3 aromatic rings. The molecule has 7 nitrogen and oxygen atoms in total. The summed E-state index contributed by atoms with van der Waals surface area (Å²) in [5.74, 6) is 1.24. The van der Waals surface area contributed by atoms with Crippen molar-refractivity contribution < 1.29 is 19.1 Å². The number of urea groups is 1. The minimum absolute atomic E-state index is 0.00393. The van der Waals surface area contributed by atoms with E-state index >= 15 is 0 Å². The summed E-state index contributed by atoms with van der Waals surface area (Å²) in [7, 11) is 3.22. The van der Waals surface area contributed by atoms with Crippen LogP contribution in [-0.4, -0.2) is 55.1 Å². The molecule has 0 saturated carbocycles. The standard InChI is InChI=1S/C29H37N3O4S/c1-6-21(2)32(29(34)30-24-10-8-7-9-11-24)20-28(33)31(19-25-14-12-22(3)37-25)17-16-23-13-15-26(35-4)27(18-23)36-5/h7-15,18,21H,6,16-17,19-20H2,1-5H3,(H,30,34). The van der Waals surface area contributed by atoms with E-state index in [0.717, 1.165) is 16.9 Å². The minimum Gasteiger partial charge on any atom is -0.493 e. The van der Waals surface area contributed by atoms with Crippen LogP contribution in [0.4, 0.5) is 10.5 Å². The smallest absolute Gasteiger partial charge is 0.322 e. The van der Waals surface area contributed by atoms with E-state index in [2.05, 4.69) is 24.4 Å². The molecule has 1 atom stereocenters. The van der Waals surface area contributed by atoms with Gasteiger partial charge in [-0.3, -0.25) is 4.79 Å². The van der Waals surface area contributed by atoms with E-state index < -0.39 is 0 Å². The number of carbonyl (C=O) groups excluding carboxylic acids is 2. The number of hydrogen-bond donors (Lipinski definition) is 1. The average molecular weight is 524 g/mol. The second kappa shape index (κ2) is 13.7. The molecule has 0 aliphatic carbocycles. The Kier molecular flexibility index (Phi) is 10.4. The topological polar surface area (TPSA) is 71.1 Å². The molecule has 1 N–H and O–H groups in total. The lowest BCUT2D eigenvalue weighted by molar-refractivity contribution is -0.132. The molecule has 1 aromatic heterocycles. The van der Waals surface area contributed by atoms with Crippen molar-refractivity contribution in [3.05, 3.63) is 76.0 Å². The monoisotopic (exact) mass is 523 g/mol. The summed E-state index contributed by atoms with van der Waals surface area (Å²) in [4.78, 5) is 32.6. The molecule has 8 heteroatoms. The molecule has 0 aliphatic heterocycles. The van der Waals surface area contributed by atoms with Gasteiger partial charge in [0.2, 0.25) is 5.91 Å². The Labute approximate surface area is 224 Å². The molecule has 0 saturated heterocycles. The van der Waals surface area contributed by atoms with Crippen LogP contribution in [0.1, 0.15) is 35.6 Å². The van der Waals surface area contributed by atoms with Crippen LogP contribution in [0.15, 0.2) is 60.7 Å². The Morgan fingerprint density at radius 2 is 1.73 bits per heavy atom. The van der Waals surface area contributed by atoms with Crippen LogP contribution in [0.3, 0.4) is 0 Å². The summed E-state index contributed by atoms with van der Waals surface area (Å²) in [6.45, 7) is 7.06. The van der Waals surface area contributed by atoms with Crippen LogP contribution in [0.5, 0.6) is 11.5 Å². The van der Waals surface area contributed by atoms with E-state index in [1.807, 2.05) is 67.3 Å². The molecule has 2 aromatic carbocycles. The number of thiophene rings is 1. The predicted octanol–water partition coefficient (Wildman–Crippen LogP) is 5.98. The first-order chi connectivity index (χ1) is 17.8. The van der Waals surface area contributed by atoms with Gasteiger partial charge in [0.25, 0.3) is 0 Å². The van der Waals surface area contributed by atoms with Gasteiger partial charge in [0.05, 0.1) is 20.8 Å². The van der Waals surface area contributed by atoms with E-state index in [0.29, 0.717) is 36.7 Å². The zero-order valence-electron chi connectivity index (χ0n) is 22.3. The van der Waals surface area contributed by atoms with Crippen LogP contribution in [0.25, 0.3) is 0 Å². The van der Waals surface area contributed by atoms with Gasteiger partial charge in [-0.25, -0.2) is 4.79 Å². The molecule has 0 spiro atoms. The number of nitrogens with zero attached hydrogens (tertiary/aromatic N) is 2. The Hall–Kier alpha value is -3.52. The SMILES string of the molecule is CCC(C)N(CC(=O)N(CCc1ccc(OC)c(OC)c1)Cc1ccc(C)s1)C(=O)Nc1ccccc1. The summed E-state index contributed by atoms with van der Waals surface area (Å²) in [6.07, 6.45) is 1.39. The number of methoxy groups -OCH3 is 2. The van der Waals surface area contributed by atoms with Gasteiger partial charge in [-0.2, -0.15) is 0 Å². The maximum atomic E-state index is 13.7. The molecule has 3 amide bonds. The highest BCUT2D eigenvalue weighted by molar-refractivity contribution is 7.11. The first kappa shape index (κ1) is 28.1. The van der Waals surface area contributed by atoms with E-state index in [4.69, 9.17) is 9.47 Å². The first-order valence-electron chi connectivity index (χ1n) is 12.5. The lowest BCUT2D eigenvalue weighted by Crippen LogP contribution is -2.48. The Morgan fingerprint density at radius 3 is 2.35 bits per heavy atom. The first-order valence-corrected chi connectivity index (χ1v) is 13.3. The molecule has 198 valence electrons. The lowest BCUT2D eigenvalue weighted by Gasteiger charge is -2.31. The van der Waals surface area contributed by atoms with E-state index in [1.165, 1.54) is 4.88 Å². The van der Waals surface area contributed by atoms with Crippen LogP contribution in [-0.2, 0) is 17.8 Å². The summed E-state index contributed by atoms with van der Waals surface area (Å²) in [5, 5.41) is 2.93. The number of carbonyl (C=O) groups is 2. The lowest BCUT2D eigenvalue weighted by atomic mass is 10.1. The zero-order chi connectivity index (χ0) is 26.8. The van der Waals surface area contributed by atoms with Gasteiger partial charge in [-0.1, -0.05) is 31.2 Å². The molecule has 0 bridgehead atoms. The number of amides is 3. The number of anilines is 1. The second-order valence-corrected chi connectivity index (χ2v) is 10.3. The Bertz CT molecular complexity index is 1160. The number of nitrogens with one attached hydrogen (secondary N) is 1. The highest BCUT2D eigenvalue weighted by atomic mass is 32.1. The number of rotatable bonds is 12. The zero-order valence-corrected chi connectivity index (χ0v) is 23.1. The quantitative estimate of drug-likeness (QED) is 0.317. The third-order valence-corrected chi connectivity index (χ3v) is 7.31. The van der Waals surface area contributed by atoms with Crippen molar-refractivity contribution in [2.24, 2.45) is 0 Å². The van der Waals surface area contributed by atoms with Crippen LogP contribution in [0, 0.1) is 6.92 Å². The van der Waals surface area contributed by atoms with Crippen molar-refractivity contribution in [1.29, 1.82) is 0 Å². The Morgan fingerprint density at radius 1 is 1.00 bits per heavy atom. The molecular formula is C29H37N3O4S. The number of para-hydroxylation sites is 1. The van der Waals surface area contributed by atoms with Gasteiger partial charge in [0, 0.05) is 28.0 Å². The van der Waals surface area contributed by atoms with E-state index in [9.17, 15) is 9.59 Å². The fourth-order valence-electron chi connectivity index (χ4n) is 3.96. The van der Waals surface area contributed by atoms with Crippen molar-refractivity contribution in [1.82, 2.24) is 9.80 Å². The number of hydrogen-bond acceptors (Lipinski definition) is 5. The minimum atomic E-state index is -0.277. The fourth-order valence-corrected chi connectivity index (χ4v) is 4.87. The van der Waals surface area contributed by atoms with Gasteiger partial charge in [-0.05, 0) is 68.7 Å². The molecule has 0 aliphatic rings. The highest BCUT2D eigenvalue weighted by Crippen LogP contribution is 2.28. The third kappa shape index (κ3) is 7.98. The summed E-state index contributed by atoms with van der Waals surface area (Å²) < 4.78 is 10.8. The van der Waals surface area contributed by atoms with Crippen LogP contribution in [0.2, 0.25) is 0 Å². The van der Waals surface area contributed by atoms with Crippen molar-refractivity contribution >= 4 is 29.0 Å². The van der Waals surface area contributed by atoms with Crippen molar-refractivity contribution in [2.75, 3.05) is 32.6 Å². The van der Waals surface area contributed by atoms with Gasteiger partial charge in [0.15, 0.2) is 11.5 Å². The average Bonchev–Trinajstić information content (AvgIpc) is 3.33. The van der Waals surface area contributed by atoms with E-state index in [1.54, 1.807) is 30.5 Å². The van der Waals surface area contributed by atoms with Gasteiger partial charge in [-0.15, -0.1) is 11.3 Å². The molecule has 0 radical (unpaired) electrons. The largest absolute Gasteiger partial charge is 0.493 e. The van der Waals surface area contributed by atoms with Gasteiger partial charge >= 0.3 is 6.03 Å². The summed E-state index contributed by atoms with van der Waals surface area (Å²) >= 11 is 1.68. The fraction of sp³-hybridized carbons (Fsp3) is 0.379. The molecule has 37 heavy (non-hydrogen) atoms. The number of aryl methyl sites for hydroxylation is 1. The second-order valence-electron chi connectivity index (χ2n) is 8.95. The third-order valence-electron chi connectivity index (χ3n) is 6.33. The number of benzene rings is 2. The van der Waals surface area contributed by atoms with Crippen molar-refractivity contribution in [3.63, 3.8) is 0 Å². The molecular weight excluding hydrogens is 486 g/mol. The molecule has 1 unspecified atom stereocenters. The van der Waals surface area contributed by atoms with Crippen molar-refractivity contribution in [2.45, 2.75) is 46.2 Å². The van der Waals surface area contributed by atoms with Crippen LogP contribution < -0.4 is 14.8 Å². The maximum Gasteiger partial charge on any atom is 0.322 e. The van der Waals surface area contributed by atoms with Gasteiger partial charge in [0.1, 0.15) is 6.54 Å². The van der Waals surface area contributed by atoms with Crippen molar-refractivity contribution in [3.8, 4) is 11.5 Å². The summed E-state index contributed by atoms with van der Waals surface area (Å²) in [5.41, 5.74) is 1.74. The molecule has 1 heterocycles. The molecule has 0 fully saturated rings. The molecule has 3 rings (SSSR count). The van der Waals surface area contributed by atoms with Crippen LogP contribution >= 0.6 is 11.3 Å². The number of ether oxygens (including phenoxy) is 2. The Balaban J connectivity index is 1.77. The highest BCUT2D eigenvalue weighted by Gasteiger charge is 2.25. The normalized spacial score (nSPS) is 11.5. The summed E-state index contributed by atoms with van der Waals surface area (Å²) in [6, 6.07) is 18.9. The maximum absolute atomic E-state index is 13.7. The predicted molar refractivity (Wildman–Crippen MR) is 150 cm³/mol. The van der Waals surface area contributed by atoms with Gasteiger partial charge < -0.3 is 24.6 Å². The van der Waals surface area contributed by atoms with E-state index in [-0.39, 0.29) is 24.5 Å².